The van der Waals surface area contributed by atoms with Crippen LogP contribution in [0.25, 0.3) is 33.3 Å². The van der Waals surface area contributed by atoms with E-state index >= 15 is 0 Å². The van der Waals surface area contributed by atoms with Gasteiger partial charge in [0.1, 0.15) is 11.5 Å². The summed E-state index contributed by atoms with van der Waals surface area (Å²) < 4.78 is 36.6. The molecule has 0 aliphatic heterocycles. The third kappa shape index (κ3) is 4.19. The van der Waals surface area contributed by atoms with Crippen molar-refractivity contribution in [3.8, 4) is 33.8 Å². The molecular weight excluding hydrogens is 482 g/mol. The Morgan fingerprint density at radius 3 is 2.19 bits per heavy atom. The normalized spacial score (nSPS) is 11.6. The Hall–Kier alpha value is -4.62. The van der Waals surface area contributed by atoms with Gasteiger partial charge in [-0.2, -0.15) is 0 Å². The molecule has 0 spiro atoms. The molecule has 7 heteroatoms. The fraction of sp³-hybridized carbons (Fsp3) is 0.0333. The fourth-order valence-corrected chi connectivity index (χ4v) is 5.76. The molecule has 3 heterocycles. The zero-order valence-electron chi connectivity index (χ0n) is 20.0. The third-order valence-corrected chi connectivity index (χ3v) is 7.89. The van der Waals surface area contributed by atoms with Gasteiger partial charge in [0.25, 0.3) is 10.0 Å². The molecule has 0 N–H and O–H groups in total. The second-order valence-corrected chi connectivity index (χ2v) is 10.5. The number of ether oxygens (including phenoxy) is 1. The first kappa shape index (κ1) is 22.8. The molecule has 0 bridgehead atoms. The van der Waals surface area contributed by atoms with E-state index in [2.05, 4.69) is 4.98 Å². The van der Waals surface area contributed by atoms with Gasteiger partial charge in [-0.25, -0.2) is 17.4 Å². The topological polar surface area (TPSA) is 66.1 Å². The molecule has 0 unspecified atom stereocenters. The average molecular weight is 506 g/mol. The largest absolute Gasteiger partial charge is 0.457 e. The highest BCUT2D eigenvalue weighted by Gasteiger charge is 2.23. The number of aromatic nitrogens is 3. The van der Waals surface area contributed by atoms with E-state index in [4.69, 9.17) is 4.74 Å². The van der Waals surface area contributed by atoms with Crippen molar-refractivity contribution in [1.82, 2.24) is 13.5 Å². The van der Waals surface area contributed by atoms with Crippen molar-refractivity contribution < 1.29 is 13.2 Å². The van der Waals surface area contributed by atoms with Crippen LogP contribution in [0, 0.1) is 0 Å². The summed E-state index contributed by atoms with van der Waals surface area (Å²) in [7, 11) is -1.91. The minimum absolute atomic E-state index is 0.207. The molecule has 0 saturated carbocycles. The number of fused-ring (bicyclic) bond motifs is 1. The van der Waals surface area contributed by atoms with Crippen LogP contribution < -0.4 is 4.74 Å². The minimum atomic E-state index is -3.85. The van der Waals surface area contributed by atoms with Crippen molar-refractivity contribution in [3.63, 3.8) is 0 Å². The molecule has 0 amide bonds. The lowest BCUT2D eigenvalue weighted by atomic mass is 10.0. The monoisotopic (exact) mass is 505 g/mol. The van der Waals surface area contributed by atoms with Crippen LogP contribution in [0.3, 0.4) is 0 Å². The van der Waals surface area contributed by atoms with E-state index in [1.807, 2.05) is 90.7 Å². The van der Waals surface area contributed by atoms with Crippen molar-refractivity contribution in [3.05, 3.63) is 122 Å². The van der Waals surface area contributed by atoms with Gasteiger partial charge in [0.2, 0.25) is 0 Å². The standard InChI is InChI=1S/C30H23N3O3S/c1-32-17-16-22(20-32)28-21-33(37(34,35)25-12-6-3-7-13-25)30-27(28)18-23(19-31-30)26-14-8-9-15-29(26)36-24-10-4-2-5-11-24/h2-21H,1H3. The van der Waals surface area contributed by atoms with Crippen LogP contribution in [0.2, 0.25) is 0 Å². The number of hydrogen-bond donors (Lipinski definition) is 0. The molecular formula is C30H23N3O3S. The van der Waals surface area contributed by atoms with Crippen LogP contribution in [0.4, 0.5) is 0 Å². The molecule has 3 aromatic heterocycles. The Kier molecular flexibility index (Phi) is 5.62. The van der Waals surface area contributed by atoms with Crippen molar-refractivity contribution in [1.29, 1.82) is 0 Å². The van der Waals surface area contributed by atoms with Crippen LogP contribution >= 0.6 is 0 Å². The lowest BCUT2D eigenvalue weighted by Crippen LogP contribution is -2.12. The molecule has 182 valence electrons. The number of nitrogens with zero attached hydrogens (tertiary/aromatic N) is 3. The maximum atomic E-state index is 13.6. The molecule has 0 radical (unpaired) electrons. The summed E-state index contributed by atoms with van der Waals surface area (Å²) in [6.45, 7) is 0. The molecule has 0 saturated heterocycles. The Labute approximate surface area is 215 Å². The maximum absolute atomic E-state index is 13.6. The highest BCUT2D eigenvalue weighted by Crippen LogP contribution is 2.38. The Bertz CT molecular complexity index is 1820. The van der Waals surface area contributed by atoms with E-state index in [1.54, 1.807) is 42.7 Å². The smallest absolute Gasteiger partial charge is 0.269 e. The van der Waals surface area contributed by atoms with E-state index in [0.29, 0.717) is 11.4 Å². The molecule has 6 rings (SSSR count). The Morgan fingerprint density at radius 2 is 1.46 bits per heavy atom. The molecule has 0 aliphatic rings. The molecule has 6 nitrogen and oxygen atoms in total. The first-order chi connectivity index (χ1) is 18.0. The van der Waals surface area contributed by atoms with Gasteiger partial charge < -0.3 is 9.30 Å². The average Bonchev–Trinajstić information content (AvgIpc) is 3.53. The molecule has 0 atom stereocenters. The lowest BCUT2D eigenvalue weighted by molar-refractivity contribution is 0.484. The number of aryl methyl sites for hydroxylation is 1. The van der Waals surface area contributed by atoms with Crippen LogP contribution in [0.15, 0.2) is 127 Å². The van der Waals surface area contributed by atoms with Gasteiger partial charge in [-0.05, 0) is 42.5 Å². The van der Waals surface area contributed by atoms with Crippen LogP contribution in [0.1, 0.15) is 0 Å². The van der Waals surface area contributed by atoms with Crippen molar-refractivity contribution >= 4 is 21.1 Å². The van der Waals surface area contributed by atoms with Crippen LogP contribution in [-0.2, 0) is 17.1 Å². The van der Waals surface area contributed by atoms with Gasteiger partial charge in [-0.3, -0.25) is 0 Å². The number of para-hydroxylation sites is 2. The predicted molar refractivity (Wildman–Crippen MR) is 145 cm³/mol. The van der Waals surface area contributed by atoms with E-state index in [0.717, 1.165) is 33.4 Å². The van der Waals surface area contributed by atoms with E-state index in [-0.39, 0.29) is 4.90 Å². The molecule has 3 aromatic carbocycles. The first-order valence-corrected chi connectivity index (χ1v) is 13.2. The van der Waals surface area contributed by atoms with Crippen molar-refractivity contribution in [2.45, 2.75) is 4.90 Å². The maximum Gasteiger partial charge on any atom is 0.269 e. The van der Waals surface area contributed by atoms with Gasteiger partial charge in [0.05, 0.1) is 4.90 Å². The van der Waals surface area contributed by atoms with Crippen LogP contribution in [0.5, 0.6) is 11.5 Å². The lowest BCUT2D eigenvalue weighted by Gasteiger charge is -2.12. The second kappa shape index (κ2) is 9.11. The fourth-order valence-electron chi connectivity index (χ4n) is 4.42. The summed E-state index contributed by atoms with van der Waals surface area (Å²) in [6, 6.07) is 29.7. The predicted octanol–water partition coefficient (Wildman–Crippen LogP) is 6.74. The summed E-state index contributed by atoms with van der Waals surface area (Å²) in [5.74, 6) is 1.42. The van der Waals surface area contributed by atoms with Gasteiger partial charge in [0.15, 0.2) is 5.65 Å². The first-order valence-electron chi connectivity index (χ1n) is 11.8. The van der Waals surface area contributed by atoms with Crippen molar-refractivity contribution in [2.24, 2.45) is 7.05 Å². The highest BCUT2D eigenvalue weighted by molar-refractivity contribution is 7.90. The third-order valence-electron chi connectivity index (χ3n) is 6.22. The number of hydrogen-bond acceptors (Lipinski definition) is 4. The zero-order valence-corrected chi connectivity index (χ0v) is 20.8. The van der Waals surface area contributed by atoms with E-state index in [1.165, 1.54) is 3.97 Å². The summed E-state index contributed by atoms with van der Waals surface area (Å²) in [6.07, 6.45) is 7.25. The van der Waals surface area contributed by atoms with Crippen LogP contribution in [-0.4, -0.2) is 21.9 Å². The van der Waals surface area contributed by atoms with Gasteiger partial charge in [0, 0.05) is 59.5 Å². The quantitative estimate of drug-likeness (QED) is 0.251. The molecule has 0 aliphatic carbocycles. The summed E-state index contributed by atoms with van der Waals surface area (Å²) in [5, 5.41) is 0.734. The number of rotatable bonds is 6. The number of benzene rings is 3. The summed E-state index contributed by atoms with van der Waals surface area (Å²) in [5.41, 5.74) is 3.74. The highest BCUT2D eigenvalue weighted by atomic mass is 32.2. The SMILES string of the molecule is Cn1ccc(-c2cn(S(=O)(=O)c3ccccc3)c3ncc(-c4ccccc4Oc4ccccc4)cc23)c1. The molecule has 0 fully saturated rings. The van der Waals surface area contributed by atoms with Gasteiger partial charge in [-0.15, -0.1) is 0 Å². The van der Waals surface area contributed by atoms with Gasteiger partial charge in [-0.1, -0.05) is 54.6 Å². The summed E-state index contributed by atoms with van der Waals surface area (Å²) in [4.78, 5) is 4.88. The van der Waals surface area contributed by atoms with E-state index < -0.39 is 10.0 Å². The zero-order chi connectivity index (χ0) is 25.4. The van der Waals surface area contributed by atoms with E-state index in [9.17, 15) is 8.42 Å². The molecule has 37 heavy (non-hydrogen) atoms. The molecule has 6 aromatic rings. The van der Waals surface area contributed by atoms with Gasteiger partial charge >= 0.3 is 0 Å². The number of pyridine rings is 1. The Morgan fingerprint density at radius 1 is 0.757 bits per heavy atom. The summed E-state index contributed by atoms with van der Waals surface area (Å²) >= 11 is 0. The minimum Gasteiger partial charge on any atom is -0.457 e. The second-order valence-electron chi connectivity index (χ2n) is 8.73. The van der Waals surface area contributed by atoms with Crippen molar-refractivity contribution in [2.75, 3.05) is 0 Å². The Balaban J connectivity index is 1.54.